The molecule has 0 saturated carbocycles. The van der Waals surface area contributed by atoms with E-state index in [0.717, 1.165) is 11.3 Å². The molecule has 0 bridgehead atoms. The third-order valence-electron chi connectivity index (χ3n) is 4.57. The lowest BCUT2D eigenvalue weighted by Crippen LogP contribution is -2.57. The van der Waals surface area contributed by atoms with Gasteiger partial charge in [0.25, 0.3) is 5.91 Å². The molecule has 6 heteroatoms. The molecule has 1 aliphatic rings. The minimum absolute atomic E-state index is 0.0274. The van der Waals surface area contributed by atoms with Crippen molar-refractivity contribution in [3.63, 3.8) is 0 Å². The number of methoxy groups -OCH3 is 1. The lowest BCUT2D eigenvalue weighted by atomic mass is 10.1. The van der Waals surface area contributed by atoms with Crippen LogP contribution in [0.2, 0.25) is 5.02 Å². The van der Waals surface area contributed by atoms with Crippen LogP contribution in [-0.2, 0) is 4.79 Å². The van der Waals surface area contributed by atoms with E-state index >= 15 is 0 Å². The maximum atomic E-state index is 13.0. The maximum absolute atomic E-state index is 13.0. The standard InChI is InChI=1S/C20H21ClN2O3/c1-13-4-9-17(18(10-13)26-3)20(25)22-12-19(24)23(11-14(22)2)16-7-5-15(21)6-8-16/h4-10,14H,11-12H2,1-3H3/t14-/m0/s1. The van der Waals surface area contributed by atoms with Crippen molar-refractivity contribution in [3.05, 3.63) is 58.6 Å². The summed E-state index contributed by atoms with van der Waals surface area (Å²) < 4.78 is 5.35. The highest BCUT2D eigenvalue weighted by Gasteiger charge is 2.34. The summed E-state index contributed by atoms with van der Waals surface area (Å²) in [5, 5.41) is 0.620. The highest BCUT2D eigenvalue weighted by molar-refractivity contribution is 6.30. The molecule has 1 fully saturated rings. The van der Waals surface area contributed by atoms with Crippen LogP contribution in [0.25, 0.3) is 0 Å². The Kier molecular flexibility index (Phi) is 5.18. The zero-order valence-electron chi connectivity index (χ0n) is 15.0. The van der Waals surface area contributed by atoms with Crippen molar-refractivity contribution in [2.45, 2.75) is 19.9 Å². The lowest BCUT2D eigenvalue weighted by Gasteiger charge is -2.39. The minimum atomic E-state index is -0.196. The molecule has 5 nitrogen and oxygen atoms in total. The molecule has 136 valence electrons. The Hall–Kier alpha value is -2.53. The molecule has 26 heavy (non-hydrogen) atoms. The van der Waals surface area contributed by atoms with Crippen molar-refractivity contribution in [2.24, 2.45) is 0 Å². The molecule has 1 saturated heterocycles. The van der Waals surface area contributed by atoms with Crippen LogP contribution in [0.4, 0.5) is 5.69 Å². The van der Waals surface area contributed by atoms with Gasteiger partial charge in [-0.15, -0.1) is 0 Å². The van der Waals surface area contributed by atoms with Gasteiger partial charge in [-0.2, -0.15) is 0 Å². The number of anilines is 1. The van der Waals surface area contributed by atoms with Crippen LogP contribution in [-0.4, -0.2) is 43.0 Å². The van der Waals surface area contributed by atoms with Gasteiger partial charge >= 0.3 is 0 Å². The van der Waals surface area contributed by atoms with Crippen LogP contribution in [0.15, 0.2) is 42.5 Å². The van der Waals surface area contributed by atoms with Crippen LogP contribution in [0.1, 0.15) is 22.8 Å². The average molecular weight is 373 g/mol. The van der Waals surface area contributed by atoms with Gasteiger partial charge in [-0.3, -0.25) is 9.59 Å². The van der Waals surface area contributed by atoms with E-state index in [0.29, 0.717) is 22.9 Å². The minimum Gasteiger partial charge on any atom is -0.496 e. The maximum Gasteiger partial charge on any atom is 0.258 e. The topological polar surface area (TPSA) is 49.9 Å². The van der Waals surface area contributed by atoms with E-state index in [1.807, 2.05) is 38.1 Å². The molecule has 0 aliphatic carbocycles. The summed E-state index contributed by atoms with van der Waals surface area (Å²) in [6, 6.07) is 12.4. The first-order chi connectivity index (χ1) is 12.4. The van der Waals surface area contributed by atoms with Crippen molar-refractivity contribution in [1.82, 2.24) is 4.90 Å². The summed E-state index contributed by atoms with van der Waals surface area (Å²) in [5.41, 5.74) is 2.26. The van der Waals surface area contributed by atoms with Gasteiger partial charge in [-0.25, -0.2) is 0 Å². The highest BCUT2D eigenvalue weighted by atomic mass is 35.5. The van der Waals surface area contributed by atoms with Crippen molar-refractivity contribution < 1.29 is 14.3 Å². The summed E-state index contributed by atoms with van der Waals surface area (Å²) in [4.78, 5) is 28.9. The number of amides is 2. The third-order valence-corrected chi connectivity index (χ3v) is 4.82. The Labute approximate surface area is 158 Å². The average Bonchev–Trinajstić information content (AvgIpc) is 2.63. The molecule has 2 aromatic carbocycles. The number of aryl methyl sites for hydroxylation is 1. The number of ether oxygens (including phenoxy) is 1. The van der Waals surface area contributed by atoms with Gasteiger partial charge in [0.1, 0.15) is 12.3 Å². The van der Waals surface area contributed by atoms with Crippen molar-refractivity contribution in [2.75, 3.05) is 25.1 Å². The molecule has 1 heterocycles. The first-order valence-corrected chi connectivity index (χ1v) is 8.80. The summed E-state index contributed by atoms with van der Waals surface area (Å²) in [5.74, 6) is 0.207. The van der Waals surface area contributed by atoms with Crippen molar-refractivity contribution >= 4 is 29.1 Å². The third kappa shape index (κ3) is 3.53. The van der Waals surface area contributed by atoms with E-state index in [4.69, 9.17) is 16.3 Å². The second-order valence-electron chi connectivity index (χ2n) is 6.47. The smallest absolute Gasteiger partial charge is 0.258 e. The van der Waals surface area contributed by atoms with E-state index in [2.05, 4.69) is 0 Å². The van der Waals surface area contributed by atoms with Gasteiger partial charge in [0, 0.05) is 23.3 Å². The molecule has 0 N–H and O–H groups in total. The Morgan fingerprint density at radius 2 is 1.88 bits per heavy atom. The number of rotatable bonds is 3. The molecule has 0 aromatic heterocycles. The van der Waals surface area contributed by atoms with Crippen LogP contribution in [0, 0.1) is 6.92 Å². The monoisotopic (exact) mass is 372 g/mol. The molecular weight excluding hydrogens is 352 g/mol. The summed E-state index contributed by atoms with van der Waals surface area (Å²) in [7, 11) is 1.54. The fourth-order valence-electron chi connectivity index (χ4n) is 3.12. The largest absolute Gasteiger partial charge is 0.496 e. The van der Waals surface area contributed by atoms with Crippen molar-refractivity contribution in [1.29, 1.82) is 0 Å². The SMILES string of the molecule is COc1cc(C)ccc1C(=O)N1CC(=O)N(c2ccc(Cl)cc2)C[C@@H]1C. The Morgan fingerprint density at radius 3 is 2.54 bits per heavy atom. The molecule has 1 atom stereocenters. The molecule has 1 aliphatic heterocycles. The second-order valence-corrected chi connectivity index (χ2v) is 6.90. The predicted octanol–water partition coefficient (Wildman–Crippen LogP) is 3.53. The number of hydrogen-bond donors (Lipinski definition) is 0. The number of benzene rings is 2. The number of hydrogen-bond acceptors (Lipinski definition) is 3. The van der Waals surface area contributed by atoms with E-state index < -0.39 is 0 Å². The highest BCUT2D eigenvalue weighted by Crippen LogP contribution is 2.26. The molecule has 0 spiro atoms. The van der Waals surface area contributed by atoms with Gasteiger partial charge in [0.15, 0.2) is 0 Å². The normalized spacial score (nSPS) is 17.4. The van der Waals surface area contributed by atoms with Gasteiger partial charge in [0.05, 0.1) is 12.7 Å². The summed E-state index contributed by atoms with van der Waals surface area (Å²) in [6.07, 6.45) is 0. The van der Waals surface area contributed by atoms with Crippen molar-refractivity contribution in [3.8, 4) is 5.75 Å². The zero-order valence-corrected chi connectivity index (χ0v) is 15.8. The van der Waals surface area contributed by atoms with E-state index in [1.165, 1.54) is 0 Å². The molecule has 3 rings (SSSR count). The van der Waals surface area contributed by atoms with Crippen LogP contribution in [0.3, 0.4) is 0 Å². The number of carbonyl (C=O) groups is 2. The summed E-state index contributed by atoms with van der Waals surface area (Å²) >= 11 is 5.92. The fraction of sp³-hybridized carbons (Fsp3) is 0.300. The van der Waals surface area contributed by atoms with Crippen LogP contribution >= 0.6 is 11.6 Å². The van der Waals surface area contributed by atoms with Gasteiger partial charge in [-0.05, 0) is 55.8 Å². The second kappa shape index (κ2) is 7.38. The number of carbonyl (C=O) groups excluding carboxylic acids is 2. The molecule has 2 amide bonds. The van der Waals surface area contributed by atoms with Crippen LogP contribution < -0.4 is 9.64 Å². The fourth-order valence-corrected chi connectivity index (χ4v) is 3.25. The first-order valence-electron chi connectivity index (χ1n) is 8.42. The Bertz CT molecular complexity index is 835. The first kappa shape index (κ1) is 18.3. The molecular formula is C20H21ClN2O3. The Morgan fingerprint density at radius 1 is 1.19 bits per heavy atom. The molecule has 2 aromatic rings. The number of nitrogens with zero attached hydrogens (tertiary/aromatic N) is 2. The van der Waals surface area contributed by atoms with E-state index in [-0.39, 0.29) is 24.4 Å². The van der Waals surface area contributed by atoms with E-state index in [1.54, 1.807) is 35.1 Å². The Balaban J connectivity index is 1.82. The van der Waals surface area contributed by atoms with E-state index in [9.17, 15) is 9.59 Å². The van der Waals surface area contributed by atoms with Gasteiger partial charge < -0.3 is 14.5 Å². The predicted molar refractivity (Wildman–Crippen MR) is 102 cm³/mol. The molecule has 0 unspecified atom stereocenters. The lowest BCUT2D eigenvalue weighted by molar-refractivity contribution is -0.121. The van der Waals surface area contributed by atoms with Gasteiger partial charge in [-0.1, -0.05) is 17.7 Å². The van der Waals surface area contributed by atoms with Crippen LogP contribution in [0.5, 0.6) is 5.75 Å². The van der Waals surface area contributed by atoms with Gasteiger partial charge in [0.2, 0.25) is 5.91 Å². The quantitative estimate of drug-likeness (QED) is 0.828. The zero-order chi connectivity index (χ0) is 18.8. The summed E-state index contributed by atoms with van der Waals surface area (Å²) in [6.45, 7) is 4.34. The molecule has 0 radical (unpaired) electrons. The number of piperazine rings is 1. The number of halogens is 1.